The lowest BCUT2D eigenvalue weighted by atomic mass is 9.95. The summed E-state index contributed by atoms with van der Waals surface area (Å²) in [5.41, 5.74) is 1.75. The average molecular weight is 411 g/mol. The van der Waals surface area contributed by atoms with Crippen molar-refractivity contribution in [3.8, 4) is 0 Å². The Kier molecular flexibility index (Phi) is 6.44. The number of aromatic nitrogens is 2. The fourth-order valence-corrected chi connectivity index (χ4v) is 4.63. The van der Waals surface area contributed by atoms with Gasteiger partial charge < -0.3 is 10.6 Å². The minimum Gasteiger partial charge on any atom is -0.353 e. The maximum absolute atomic E-state index is 12.4. The molecule has 29 heavy (non-hydrogen) atoms. The van der Waals surface area contributed by atoms with Crippen molar-refractivity contribution in [3.05, 3.63) is 48.3 Å². The number of nitrogens with one attached hydrogen (secondary N) is 2. The van der Waals surface area contributed by atoms with Gasteiger partial charge in [-0.25, -0.2) is 9.97 Å². The van der Waals surface area contributed by atoms with Crippen LogP contribution >= 0.6 is 11.8 Å². The van der Waals surface area contributed by atoms with Crippen LogP contribution in [0.15, 0.2) is 47.9 Å². The van der Waals surface area contributed by atoms with Crippen LogP contribution in [0.1, 0.15) is 44.1 Å². The largest absolute Gasteiger partial charge is 0.353 e. The Hall–Kier alpha value is -2.41. The van der Waals surface area contributed by atoms with Gasteiger partial charge >= 0.3 is 0 Å². The zero-order valence-corrected chi connectivity index (χ0v) is 17.2. The summed E-state index contributed by atoms with van der Waals surface area (Å²) in [6.45, 7) is 0. The van der Waals surface area contributed by atoms with E-state index in [4.69, 9.17) is 0 Å². The van der Waals surface area contributed by atoms with Gasteiger partial charge in [-0.3, -0.25) is 9.59 Å². The van der Waals surface area contributed by atoms with E-state index in [-0.39, 0.29) is 23.8 Å². The highest BCUT2D eigenvalue weighted by Gasteiger charge is 2.29. The third-order valence-corrected chi connectivity index (χ3v) is 6.61. The van der Waals surface area contributed by atoms with Crippen molar-refractivity contribution < 1.29 is 9.59 Å². The van der Waals surface area contributed by atoms with Crippen LogP contribution in [0.5, 0.6) is 0 Å². The maximum atomic E-state index is 12.4. The Morgan fingerprint density at radius 2 is 1.66 bits per heavy atom. The van der Waals surface area contributed by atoms with Crippen molar-refractivity contribution in [2.24, 2.45) is 5.92 Å². The highest BCUT2D eigenvalue weighted by Crippen LogP contribution is 2.32. The minimum atomic E-state index is 0.0576. The van der Waals surface area contributed by atoms with Gasteiger partial charge in [0.05, 0.1) is 6.42 Å². The smallest absolute Gasteiger partial charge is 0.227 e. The maximum Gasteiger partial charge on any atom is 0.227 e. The second-order valence-corrected chi connectivity index (χ2v) is 9.10. The first-order valence-electron chi connectivity index (χ1n) is 10.3. The van der Waals surface area contributed by atoms with Crippen LogP contribution < -0.4 is 10.6 Å². The van der Waals surface area contributed by atoms with Gasteiger partial charge in [0.1, 0.15) is 0 Å². The first-order valence-corrected chi connectivity index (χ1v) is 11.2. The van der Waals surface area contributed by atoms with Crippen molar-refractivity contribution in [2.75, 3.05) is 5.32 Å². The molecule has 0 unspecified atom stereocenters. The zero-order chi connectivity index (χ0) is 20.1. The van der Waals surface area contributed by atoms with E-state index in [2.05, 4.69) is 20.6 Å². The van der Waals surface area contributed by atoms with Gasteiger partial charge in [0.15, 0.2) is 5.16 Å². The van der Waals surface area contributed by atoms with E-state index in [0.717, 1.165) is 54.9 Å². The number of benzene rings is 1. The highest BCUT2D eigenvalue weighted by molar-refractivity contribution is 7.99. The molecule has 7 heteroatoms. The molecular formula is C22H26N4O2S. The molecule has 2 fully saturated rings. The molecule has 0 bridgehead atoms. The first kappa shape index (κ1) is 19.9. The summed E-state index contributed by atoms with van der Waals surface area (Å²) >= 11 is 1.73. The van der Waals surface area contributed by atoms with Crippen molar-refractivity contribution in [1.29, 1.82) is 0 Å². The molecule has 0 spiro atoms. The first-order chi connectivity index (χ1) is 14.2. The van der Waals surface area contributed by atoms with Gasteiger partial charge in [0, 0.05) is 35.3 Å². The predicted octanol–water partition coefficient (Wildman–Crippen LogP) is 3.59. The van der Waals surface area contributed by atoms with E-state index in [1.165, 1.54) is 0 Å². The van der Waals surface area contributed by atoms with E-state index in [1.807, 2.05) is 30.3 Å². The summed E-state index contributed by atoms with van der Waals surface area (Å²) in [4.78, 5) is 32.8. The van der Waals surface area contributed by atoms with E-state index in [9.17, 15) is 9.59 Å². The minimum absolute atomic E-state index is 0.0576. The monoisotopic (exact) mass is 410 g/mol. The van der Waals surface area contributed by atoms with Crippen LogP contribution in [0.25, 0.3) is 0 Å². The topological polar surface area (TPSA) is 84.0 Å². The van der Waals surface area contributed by atoms with Crippen LogP contribution in [0.4, 0.5) is 5.69 Å². The third kappa shape index (κ3) is 6.03. The van der Waals surface area contributed by atoms with Crippen LogP contribution in [-0.2, 0) is 16.0 Å². The van der Waals surface area contributed by atoms with E-state index < -0.39 is 0 Å². The van der Waals surface area contributed by atoms with E-state index in [1.54, 1.807) is 24.2 Å². The highest BCUT2D eigenvalue weighted by atomic mass is 32.2. The molecule has 2 aliphatic carbocycles. The second-order valence-electron chi connectivity index (χ2n) is 7.83. The number of hydrogen-bond donors (Lipinski definition) is 2. The van der Waals surface area contributed by atoms with Gasteiger partial charge in [0.2, 0.25) is 11.8 Å². The lowest BCUT2D eigenvalue weighted by molar-refractivity contribution is -0.121. The molecule has 2 aliphatic rings. The molecule has 2 amide bonds. The number of rotatable bonds is 7. The standard InChI is InChI=1S/C22H26N4O2S/c27-20(14-15-2-6-18(7-3-15)26-21(28)16-4-5-16)25-17-8-10-19(11-9-17)29-22-23-12-1-13-24-22/h1-3,6-7,12-13,16-17,19H,4-5,8-11,14H2,(H,25,27)(H,26,28). The molecule has 1 aromatic heterocycles. The lowest BCUT2D eigenvalue weighted by Crippen LogP contribution is -2.38. The average Bonchev–Trinajstić information content (AvgIpc) is 3.57. The Bertz CT molecular complexity index is 832. The van der Waals surface area contributed by atoms with Crippen molar-refractivity contribution >= 4 is 29.3 Å². The van der Waals surface area contributed by atoms with Crippen LogP contribution in [0, 0.1) is 5.92 Å². The second kappa shape index (κ2) is 9.39. The number of carbonyl (C=O) groups excluding carboxylic acids is 2. The molecule has 152 valence electrons. The van der Waals surface area contributed by atoms with Crippen LogP contribution in [0.2, 0.25) is 0 Å². The molecule has 4 rings (SSSR count). The molecule has 2 saturated carbocycles. The number of amides is 2. The zero-order valence-electron chi connectivity index (χ0n) is 16.3. The van der Waals surface area contributed by atoms with Gasteiger partial charge in [-0.1, -0.05) is 23.9 Å². The molecule has 2 aromatic rings. The molecule has 1 heterocycles. The van der Waals surface area contributed by atoms with Gasteiger partial charge in [-0.2, -0.15) is 0 Å². The molecule has 6 nitrogen and oxygen atoms in total. The number of carbonyl (C=O) groups is 2. The third-order valence-electron chi connectivity index (χ3n) is 5.39. The summed E-state index contributed by atoms with van der Waals surface area (Å²) in [6, 6.07) is 9.64. The molecule has 2 N–H and O–H groups in total. The van der Waals surface area contributed by atoms with Crippen LogP contribution in [-0.4, -0.2) is 33.1 Å². The van der Waals surface area contributed by atoms with Gasteiger partial charge in [-0.05, 0) is 62.3 Å². The lowest BCUT2D eigenvalue weighted by Gasteiger charge is -2.28. The molecule has 0 saturated heterocycles. The SMILES string of the molecule is O=C(Cc1ccc(NC(=O)C2CC2)cc1)NC1CCC(Sc2ncccn2)CC1. The van der Waals surface area contributed by atoms with Gasteiger partial charge in [0.25, 0.3) is 0 Å². The van der Waals surface area contributed by atoms with Gasteiger partial charge in [-0.15, -0.1) is 0 Å². The van der Waals surface area contributed by atoms with Crippen LogP contribution in [0.3, 0.4) is 0 Å². The fourth-order valence-electron chi connectivity index (χ4n) is 3.58. The number of nitrogens with zero attached hydrogens (tertiary/aromatic N) is 2. The van der Waals surface area contributed by atoms with E-state index >= 15 is 0 Å². The molecule has 0 radical (unpaired) electrons. The Morgan fingerprint density at radius 3 is 2.31 bits per heavy atom. The molecule has 0 aliphatic heterocycles. The summed E-state index contributed by atoms with van der Waals surface area (Å²) in [7, 11) is 0. The van der Waals surface area contributed by atoms with Crippen molar-refractivity contribution in [1.82, 2.24) is 15.3 Å². The quantitative estimate of drug-likeness (QED) is 0.682. The summed E-state index contributed by atoms with van der Waals surface area (Å²) in [5, 5.41) is 7.44. The predicted molar refractivity (Wildman–Crippen MR) is 114 cm³/mol. The Balaban J connectivity index is 1.18. The summed E-state index contributed by atoms with van der Waals surface area (Å²) < 4.78 is 0. The van der Waals surface area contributed by atoms with Crippen molar-refractivity contribution in [3.63, 3.8) is 0 Å². The molecular weight excluding hydrogens is 384 g/mol. The Morgan fingerprint density at radius 1 is 0.966 bits per heavy atom. The number of anilines is 1. The number of hydrogen-bond acceptors (Lipinski definition) is 5. The Labute approximate surface area is 175 Å². The van der Waals surface area contributed by atoms with Crippen molar-refractivity contribution in [2.45, 2.75) is 61.4 Å². The summed E-state index contributed by atoms with van der Waals surface area (Å²) in [5.74, 6) is 0.347. The molecule has 0 atom stereocenters. The fraction of sp³-hybridized carbons (Fsp3) is 0.455. The summed E-state index contributed by atoms with van der Waals surface area (Å²) in [6.07, 6.45) is 9.99. The number of thioether (sulfide) groups is 1. The normalized spacial score (nSPS) is 21.4. The van der Waals surface area contributed by atoms with E-state index in [0.29, 0.717) is 11.7 Å². The molecule has 1 aromatic carbocycles.